The largest absolute Gasteiger partial charge is 0.339 e. The van der Waals surface area contributed by atoms with Gasteiger partial charge in [0.25, 0.3) is 0 Å². The maximum absolute atomic E-state index is 12.8. The van der Waals surface area contributed by atoms with Crippen LogP contribution >= 0.6 is 0 Å². The zero-order chi connectivity index (χ0) is 19.4. The summed E-state index contributed by atoms with van der Waals surface area (Å²) in [6.07, 6.45) is 4.40. The summed E-state index contributed by atoms with van der Waals surface area (Å²) in [7, 11) is -3.45. The minimum atomic E-state index is -3.45. The van der Waals surface area contributed by atoms with Crippen LogP contribution in [-0.4, -0.2) is 73.7 Å². The summed E-state index contributed by atoms with van der Waals surface area (Å²) in [6.45, 7) is 7.40. The van der Waals surface area contributed by atoms with Crippen molar-refractivity contribution in [2.24, 2.45) is 0 Å². The van der Waals surface area contributed by atoms with Gasteiger partial charge in [0.15, 0.2) is 0 Å². The van der Waals surface area contributed by atoms with E-state index in [1.54, 1.807) is 12.1 Å². The monoisotopic (exact) mass is 393 g/mol. The second kappa shape index (κ2) is 8.71. The Labute approximate surface area is 163 Å². The molecule has 6 nitrogen and oxygen atoms in total. The first-order valence-corrected chi connectivity index (χ1v) is 11.4. The third kappa shape index (κ3) is 4.70. The van der Waals surface area contributed by atoms with Crippen molar-refractivity contribution >= 4 is 15.9 Å². The lowest BCUT2D eigenvalue weighted by molar-refractivity contribution is -0.136. The van der Waals surface area contributed by atoms with E-state index in [0.717, 1.165) is 31.4 Å². The van der Waals surface area contributed by atoms with Crippen molar-refractivity contribution in [3.63, 3.8) is 0 Å². The molecule has 1 aromatic rings. The van der Waals surface area contributed by atoms with Crippen molar-refractivity contribution in [2.45, 2.75) is 50.5 Å². The Hall–Kier alpha value is -1.44. The van der Waals surface area contributed by atoms with Crippen LogP contribution in [0.25, 0.3) is 0 Å². The molecule has 0 saturated carbocycles. The van der Waals surface area contributed by atoms with Crippen LogP contribution in [0.1, 0.15) is 38.2 Å². The van der Waals surface area contributed by atoms with E-state index in [4.69, 9.17) is 0 Å². The van der Waals surface area contributed by atoms with Gasteiger partial charge in [0.05, 0.1) is 11.4 Å². The molecule has 2 aliphatic rings. The Bertz CT molecular complexity index is 740. The highest BCUT2D eigenvalue weighted by Gasteiger charge is 2.31. The van der Waals surface area contributed by atoms with Gasteiger partial charge in [-0.3, -0.25) is 9.69 Å². The Kier molecular flexibility index (Phi) is 6.55. The molecule has 3 rings (SSSR count). The van der Waals surface area contributed by atoms with Gasteiger partial charge in [-0.25, -0.2) is 8.42 Å². The van der Waals surface area contributed by atoms with Crippen LogP contribution in [0, 0.1) is 6.92 Å². The minimum absolute atomic E-state index is 0.191. The standard InChI is InChI=1S/C20H31N3O3S/c1-3-18-6-4-5-11-23(18)20(24)16-21-12-14-22(15-13-21)27(25,26)19-9-7-17(2)8-10-19/h7-10,18H,3-6,11-16H2,1-2H3. The van der Waals surface area contributed by atoms with E-state index in [2.05, 4.69) is 11.8 Å². The van der Waals surface area contributed by atoms with E-state index in [1.807, 2.05) is 24.0 Å². The van der Waals surface area contributed by atoms with E-state index in [0.29, 0.717) is 43.7 Å². The molecule has 2 aliphatic heterocycles. The highest BCUT2D eigenvalue weighted by Crippen LogP contribution is 2.21. The SMILES string of the molecule is CCC1CCCCN1C(=O)CN1CCN(S(=O)(=O)c2ccc(C)cc2)CC1. The third-order valence-corrected chi connectivity index (χ3v) is 7.68. The fourth-order valence-electron chi connectivity index (χ4n) is 4.02. The average Bonchev–Trinajstić information content (AvgIpc) is 2.68. The van der Waals surface area contributed by atoms with Crippen LogP contribution in [0.15, 0.2) is 29.2 Å². The number of likely N-dealkylation sites (tertiary alicyclic amines) is 1. The van der Waals surface area contributed by atoms with E-state index in [1.165, 1.54) is 10.7 Å². The zero-order valence-electron chi connectivity index (χ0n) is 16.4. The van der Waals surface area contributed by atoms with Crippen molar-refractivity contribution in [2.75, 3.05) is 39.3 Å². The van der Waals surface area contributed by atoms with Gasteiger partial charge >= 0.3 is 0 Å². The molecular weight excluding hydrogens is 362 g/mol. The van der Waals surface area contributed by atoms with Gasteiger partial charge in [-0.05, 0) is 44.7 Å². The number of benzene rings is 1. The minimum Gasteiger partial charge on any atom is -0.339 e. The number of amides is 1. The smallest absolute Gasteiger partial charge is 0.243 e. The molecule has 0 aliphatic carbocycles. The topological polar surface area (TPSA) is 60.9 Å². The number of hydrogen-bond donors (Lipinski definition) is 0. The van der Waals surface area contributed by atoms with Crippen molar-refractivity contribution in [3.05, 3.63) is 29.8 Å². The predicted octanol–water partition coefficient (Wildman–Crippen LogP) is 2.09. The molecule has 27 heavy (non-hydrogen) atoms. The molecule has 0 spiro atoms. The van der Waals surface area contributed by atoms with Crippen molar-refractivity contribution in [3.8, 4) is 0 Å². The van der Waals surface area contributed by atoms with Crippen LogP contribution in [0.4, 0.5) is 0 Å². The predicted molar refractivity (Wildman–Crippen MR) is 106 cm³/mol. The number of piperidine rings is 1. The molecule has 7 heteroatoms. The molecule has 1 amide bonds. The van der Waals surface area contributed by atoms with Crippen molar-refractivity contribution in [1.29, 1.82) is 0 Å². The molecule has 0 radical (unpaired) electrons. The van der Waals surface area contributed by atoms with E-state index in [9.17, 15) is 13.2 Å². The van der Waals surface area contributed by atoms with E-state index >= 15 is 0 Å². The van der Waals surface area contributed by atoms with Gasteiger partial charge < -0.3 is 4.90 Å². The van der Waals surface area contributed by atoms with Crippen LogP contribution in [-0.2, 0) is 14.8 Å². The van der Waals surface area contributed by atoms with Crippen LogP contribution in [0.5, 0.6) is 0 Å². The first-order chi connectivity index (χ1) is 12.9. The molecule has 0 N–H and O–H groups in total. The molecule has 0 bridgehead atoms. The van der Waals surface area contributed by atoms with Gasteiger partial charge in [0.2, 0.25) is 15.9 Å². The average molecular weight is 394 g/mol. The van der Waals surface area contributed by atoms with Gasteiger partial charge in [-0.15, -0.1) is 0 Å². The molecule has 150 valence electrons. The lowest BCUT2D eigenvalue weighted by Crippen LogP contribution is -2.53. The molecule has 2 saturated heterocycles. The maximum atomic E-state index is 12.8. The summed E-state index contributed by atoms with van der Waals surface area (Å²) in [5.74, 6) is 0.191. The number of aryl methyl sites for hydroxylation is 1. The highest BCUT2D eigenvalue weighted by atomic mass is 32.2. The summed E-state index contributed by atoms with van der Waals surface area (Å²) in [5.41, 5.74) is 1.04. The normalized spacial score (nSPS) is 22.7. The van der Waals surface area contributed by atoms with Gasteiger partial charge in [0, 0.05) is 38.8 Å². The summed E-state index contributed by atoms with van der Waals surface area (Å²) in [6, 6.07) is 7.35. The summed E-state index contributed by atoms with van der Waals surface area (Å²) in [4.78, 5) is 17.2. The molecule has 2 fully saturated rings. The van der Waals surface area contributed by atoms with Crippen LogP contribution in [0.3, 0.4) is 0 Å². The number of nitrogens with zero attached hydrogens (tertiary/aromatic N) is 3. The Balaban J connectivity index is 1.55. The van der Waals surface area contributed by atoms with Gasteiger partial charge in [-0.1, -0.05) is 24.6 Å². The molecule has 1 aromatic carbocycles. The lowest BCUT2D eigenvalue weighted by atomic mass is 10.00. The number of rotatable bonds is 5. The summed E-state index contributed by atoms with van der Waals surface area (Å²) < 4.78 is 27.1. The fourth-order valence-corrected chi connectivity index (χ4v) is 5.44. The molecule has 1 unspecified atom stereocenters. The number of carbonyl (C=O) groups excluding carboxylic acids is 1. The van der Waals surface area contributed by atoms with E-state index in [-0.39, 0.29) is 5.91 Å². The van der Waals surface area contributed by atoms with Gasteiger partial charge in [0.1, 0.15) is 0 Å². The van der Waals surface area contributed by atoms with Crippen LogP contribution in [0.2, 0.25) is 0 Å². The maximum Gasteiger partial charge on any atom is 0.243 e. The molecule has 0 aromatic heterocycles. The van der Waals surface area contributed by atoms with Crippen molar-refractivity contribution < 1.29 is 13.2 Å². The zero-order valence-corrected chi connectivity index (χ0v) is 17.2. The van der Waals surface area contributed by atoms with Gasteiger partial charge in [-0.2, -0.15) is 4.31 Å². The third-order valence-electron chi connectivity index (χ3n) is 5.77. The summed E-state index contributed by atoms with van der Waals surface area (Å²) >= 11 is 0. The Morgan fingerprint density at radius 3 is 2.33 bits per heavy atom. The van der Waals surface area contributed by atoms with E-state index < -0.39 is 10.0 Å². The number of sulfonamides is 1. The number of piperazine rings is 1. The summed E-state index contributed by atoms with van der Waals surface area (Å²) in [5, 5.41) is 0. The fraction of sp³-hybridized carbons (Fsp3) is 0.650. The van der Waals surface area contributed by atoms with Crippen LogP contribution < -0.4 is 0 Å². The molecule has 2 heterocycles. The first-order valence-electron chi connectivity index (χ1n) is 10.0. The second-order valence-corrected chi connectivity index (χ2v) is 9.58. The first kappa shape index (κ1) is 20.3. The van der Waals surface area contributed by atoms with Crippen molar-refractivity contribution in [1.82, 2.24) is 14.1 Å². The number of hydrogen-bond acceptors (Lipinski definition) is 4. The number of carbonyl (C=O) groups is 1. The Morgan fingerprint density at radius 2 is 1.70 bits per heavy atom. The highest BCUT2D eigenvalue weighted by molar-refractivity contribution is 7.89. The quantitative estimate of drug-likeness (QED) is 0.769. The molecular formula is C20H31N3O3S. The lowest BCUT2D eigenvalue weighted by Gasteiger charge is -2.38. The molecule has 1 atom stereocenters. The second-order valence-electron chi connectivity index (χ2n) is 7.64. The Morgan fingerprint density at radius 1 is 1.04 bits per heavy atom.